The molecule has 21 heavy (non-hydrogen) atoms. The molecule has 0 unspecified atom stereocenters. The number of hydrogen-bond donors (Lipinski definition) is 1. The fraction of sp³-hybridized carbons (Fsp3) is 0.188. The van der Waals surface area contributed by atoms with E-state index in [4.69, 9.17) is 10.5 Å². The molecule has 0 heterocycles. The summed E-state index contributed by atoms with van der Waals surface area (Å²) in [6, 6.07) is 12.7. The van der Waals surface area contributed by atoms with Gasteiger partial charge in [0, 0.05) is 22.9 Å². The number of rotatable bonds is 4. The molecule has 0 aliphatic rings. The smallest absolute Gasteiger partial charge is 0.264 e. The number of carbonyl (C=O) groups excluding carboxylic acids is 1. The molecule has 1 amide bonds. The quantitative estimate of drug-likeness (QED) is 0.861. The Hall–Kier alpha value is -2.01. The van der Waals surface area contributed by atoms with E-state index in [9.17, 15) is 4.79 Å². The minimum absolute atomic E-state index is 0.0120. The first-order valence-electron chi connectivity index (χ1n) is 6.48. The fourth-order valence-corrected chi connectivity index (χ4v) is 2.04. The number of halogens is 1. The summed E-state index contributed by atoms with van der Waals surface area (Å²) in [4.78, 5) is 13.7. The van der Waals surface area contributed by atoms with E-state index in [-0.39, 0.29) is 12.5 Å². The summed E-state index contributed by atoms with van der Waals surface area (Å²) >= 11 is 3.43. The largest absolute Gasteiger partial charge is 0.484 e. The Balaban J connectivity index is 1.97. The van der Waals surface area contributed by atoms with Crippen LogP contribution in [0.3, 0.4) is 0 Å². The van der Waals surface area contributed by atoms with Gasteiger partial charge in [-0.05, 0) is 55.0 Å². The first-order chi connectivity index (χ1) is 9.97. The van der Waals surface area contributed by atoms with Crippen LogP contribution in [0.25, 0.3) is 0 Å². The van der Waals surface area contributed by atoms with Crippen LogP contribution < -0.4 is 15.4 Å². The number of ether oxygens (including phenoxy) is 1. The summed E-state index contributed by atoms with van der Waals surface area (Å²) in [5.41, 5.74) is 8.14. The zero-order valence-corrected chi connectivity index (χ0v) is 13.6. The molecule has 0 saturated heterocycles. The molecule has 0 saturated carbocycles. The summed E-state index contributed by atoms with van der Waals surface area (Å²) < 4.78 is 6.55. The predicted octanol–water partition coefficient (Wildman–Crippen LogP) is 3.38. The second-order valence-electron chi connectivity index (χ2n) is 4.74. The van der Waals surface area contributed by atoms with Gasteiger partial charge in [-0.2, -0.15) is 0 Å². The van der Waals surface area contributed by atoms with Crippen molar-refractivity contribution in [2.45, 2.75) is 6.92 Å². The van der Waals surface area contributed by atoms with Crippen LogP contribution in [-0.2, 0) is 4.79 Å². The first kappa shape index (κ1) is 15.4. The molecule has 0 radical (unpaired) electrons. The van der Waals surface area contributed by atoms with Crippen LogP contribution in [0.15, 0.2) is 46.9 Å². The Morgan fingerprint density at radius 3 is 2.52 bits per heavy atom. The highest BCUT2D eigenvalue weighted by Gasteiger charge is 2.11. The summed E-state index contributed by atoms with van der Waals surface area (Å²) in [6.07, 6.45) is 0. The van der Waals surface area contributed by atoms with Crippen molar-refractivity contribution >= 4 is 33.2 Å². The molecular formula is C16H17BrN2O2. The molecule has 0 aliphatic carbocycles. The second-order valence-corrected chi connectivity index (χ2v) is 5.60. The number of hydrogen-bond acceptors (Lipinski definition) is 3. The standard InChI is InChI=1S/C16H17BrN2O2/c1-11-9-14(7-8-15(11)17)21-10-16(20)19(2)13-5-3-12(18)4-6-13/h3-9H,10,18H2,1-2H3. The number of nitrogens with zero attached hydrogens (tertiary/aromatic N) is 1. The molecule has 0 aliphatic heterocycles. The van der Waals surface area contributed by atoms with Gasteiger partial charge in [0.1, 0.15) is 5.75 Å². The van der Waals surface area contributed by atoms with Gasteiger partial charge in [0.2, 0.25) is 0 Å². The molecule has 2 N–H and O–H groups in total. The van der Waals surface area contributed by atoms with Crippen molar-refractivity contribution in [1.82, 2.24) is 0 Å². The first-order valence-corrected chi connectivity index (χ1v) is 7.27. The molecule has 0 aromatic heterocycles. The number of nitrogens with two attached hydrogens (primary N) is 1. The maximum atomic E-state index is 12.1. The van der Waals surface area contributed by atoms with E-state index in [1.807, 2.05) is 25.1 Å². The van der Waals surface area contributed by atoms with Gasteiger partial charge in [-0.15, -0.1) is 0 Å². The van der Waals surface area contributed by atoms with Crippen LogP contribution in [0.1, 0.15) is 5.56 Å². The van der Waals surface area contributed by atoms with Crippen molar-refractivity contribution in [2.24, 2.45) is 0 Å². The summed E-state index contributed by atoms with van der Waals surface area (Å²) in [5, 5.41) is 0. The fourth-order valence-electron chi connectivity index (χ4n) is 1.79. The van der Waals surface area contributed by atoms with Crippen LogP contribution in [-0.4, -0.2) is 19.6 Å². The lowest BCUT2D eigenvalue weighted by Crippen LogP contribution is -2.31. The van der Waals surface area contributed by atoms with Crippen molar-refractivity contribution in [2.75, 3.05) is 24.3 Å². The van der Waals surface area contributed by atoms with E-state index in [0.717, 1.165) is 15.7 Å². The lowest BCUT2D eigenvalue weighted by Gasteiger charge is -2.18. The molecule has 5 heteroatoms. The number of nitrogen functional groups attached to an aromatic ring is 1. The van der Waals surface area contributed by atoms with Gasteiger partial charge in [0.15, 0.2) is 6.61 Å². The Morgan fingerprint density at radius 2 is 1.90 bits per heavy atom. The van der Waals surface area contributed by atoms with Gasteiger partial charge in [0.25, 0.3) is 5.91 Å². The van der Waals surface area contributed by atoms with E-state index in [0.29, 0.717) is 11.4 Å². The average Bonchev–Trinajstić information content (AvgIpc) is 2.48. The predicted molar refractivity (Wildman–Crippen MR) is 88.6 cm³/mol. The van der Waals surface area contributed by atoms with Gasteiger partial charge in [-0.25, -0.2) is 0 Å². The Morgan fingerprint density at radius 1 is 1.24 bits per heavy atom. The third-order valence-corrected chi connectivity index (χ3v) is 4.04. The van der Waals surface area contributed by atoms with Gasteiger partial charge >= 0.3 is 0 Å². The number of anilines is 2. The highest BCUT2D eigenvalue weighted by atomic mass is 79.9. The number of amides is 1. The molecule has 4 nitrogen and oxygen atoms in total. The average molecular weight is 349 g/mol. The van der Waals surface area contributed by atoms with Crippen molar-refractivity contribution in [3.8, 4) is 5.75 Å². The SMILES string of the molecule is Cc1cc(OCC(=O)N(C)c2ccc(N)cc2)ccc1Br. The van der Waals surface area contributed by atoms with Gasteiger partial charge < -0.3 is 15.4 Å². The van der Waals surface area contributed by atoms with E-state index >= 15 is 0 Å². The van der Waals surface area contributed by atoms with Crippen LogP contribution in [0, 0.1) is 6.92 Å². The molecule has 0 spiro atoms. The minimum atomic E-state index is -0.125. The minimum Gasteiger partial charge on any atom is -0.484 e. The molecule has 110 valence electrons. The number of aryl methyl sites for hydroxylation is 1. The monoisotopic (exact) mass is 348 g/mol. The van der Waals surface area contributed by atoms with Gasteiger partial charge in [0.05, 0.1) is 0 Å². The van der Waals surface area contributed by atoms with Gasteiger partial charge in [-0.1, -0.05) is 15.9 Å². The summed E-state index contributed by atoms with van der Waals surface area (Å²) in [5.74, 6) is 0.551. The Bertz CT molecular complexity index is 641. The maximum absolute atomic E-state index is 12.1. The third-order valence-electron chi connectivity index (χ3n) is 3.15. The number of likely N-dealkylation sites (N-methyl/N-ethyl adjacent to an activating group) is 1. The zero-order chi connectivity index (χ0) is 15.4. The molecule has 2 rings (SSSR count). The van der Waals surface area contributed by atoms with Crippen molar-refractivity contribution in [3.63, 3.8) is 0 Å². The van der Waals surface area contributed by atoms with Crippen molar-refractivity contribution < 1.29 is 9.53 Å². The zero-order valence-electron chi connectivity index (χ0n) is 12.0. The van der Waals surface area contributed by atoms with E-state index in [1.54, 1.807) is 36.2 Å². The molecule has 0 fully saturated rings. The Labute approximate surface area is 132 Å². The molecule has 2 aromatic rings. The maximum Gasteiger partial charge on any atom is 0.264 e. The van der Waals surface area contributed by atoms with Crippen LogP contribution in [0.4, 0.5) is 11.4 Å². The highest BCUT2D eigenvalue weighted by molar-refractivity contribution is 9.10. The van der Waals surface area contributed by atoms with E-state index in [1.165, 1.54) is 0 Å². The number of benzene rings is 2. The summed E-state index contributed by atoms with van der Waals surface area (Å²) in [7, 11) is 1.71. The molecule has 0 bridgehead atoms. The second kappa shape index (κ2) is 6.63. The van der Waals surface area contributed by atoms with Crippen molar-refractivity contribution in [1.29, 1.82) is 0 Å². The van der Waals surface area contributed by atoms with Gasteiger partial charge in [-0.3, -0.25) is 4.79 Å². The van der Waals surface area contributed by atoms with E-state index in [2.05, 4.69) is 15.9 Å². The lowest BCUT2D eigenvalue weighted by molar-refractivity contribution is -0.120. The van der Waals surface area contributed by atoms with Crippen LogP contribution >= 0.6 is 15.9 Å². The molecule has 2 aromatic carbocycles. The lowest BCUT2D eigenvalue weighted by atomic mass is 10.2. The van der Waals surface area contributed by atoms with Crippen LogP contribution in [0.5, 0.6) is 5.75 Å². The van der Waals surface area contributed by atoms with Crippen molar-refractivity contribution in [3.05, 3.63) is 52.5 Å². The Kier molecular flexibility index (Phi) is 4.85. The molecular weight excluding hydrogens is 332 g/mol. The number of carbonyl (C=O) groups is 1. The summed E-state index contributed by atoms with van der Waals surface area (Å²) in [6.45, 7) is 1.96. The van der Waals surface area contributed by atoms with Crippen LogP contribution in [0.2, 0.25) is 0 Å². The highest BCUT2D eigenvalue weighted by Crippen LogP contribution is 2.22. The van der Waals surface area contributed by atoms with E-state index < -0.39 is 0 Å². The third kappa shape index (κ3) is 3.98. The normalized spacial score (nSPS) is 10.2. The molecule has 0 atom stereocenters. The topological polar surface area (TPSA) is 55.6 Å².